The molecule has 3 heterocycles. The van der Waals surface area contributed by atoms with Crippen molar-refractivity contribution in [1.82, 2.24) is 15.1 Å². The molecule has 1 aromatic heterocycles. The van der Waals surface area contributed by atoms with Crippen molar-refractivity contribution >= 4 is 47.9 Å². The highest BCUT2D eigenvalue weighted by molar-refractivity contribution is 6.62. The average Bonchev–Trinajstić information content (AvgIpc) is 3.84. The van der Waals surface area contributed by atoms with E-state index in [0.717, 1.165) is 56.2 Å². The van der Waals surface area contributed by atoms with Crippen LogP contribution in [-0.2, 0) is 49.2 Å². The Hall–Kier alpha value is -5.51. The molecule has 6 rings (SSSR count). The van der Waals surface area contributed by atoms with E-state index < -0.39 is 36.6 Å². The maximum Gasteiger partial charge on any atom is 0.780 e. The number of carbonyl (C=O) groups excluding carboxylic acids is 2. The zero-order chi connectivity index (χ0) is 51.7. The molecular formula is C53H75BN4O12Si2. The molecule has 19 heteroatoms. The number of alkyl carbamates (subject to hydrolysis) is 2. The van der Waals surface area contributed by atoms with Crippen molar-refractivity contribution in [3.8, 4) is 11.5 Å². The maximum absolute atomic E-state index is 12.8. The molecule has 16 nitrogen and oxygen atoms in total. The van der Waals surface area contributed by atoms with E-state index in [4.69, 9.17) is 45.3 Å². The molecule has 2 N–H and O–H groups in total. The molecule has 0 unspecified atom stereocenters. The van der Waals surface area contributed by atoms with E-state index in [2.05, 4.69) is 83.7 Å². The first-order chi connectivity index (χ1) is 34.8. The minimum absolute atomic E-state index is 0.0566. The van der Waals surface area contributed by atoms with Crippen molar-refractivity contribution in [3.63, 3.8) is 0 Å². The second-order valence-electron chi connectivity index (χ2n) is 17.4. The molecule has 2 aliphatic rings. The largest absolute Gasteiger partial charge is 0.780 e. The van der Waals surface area contributed by atoms with Crippen LogP contribution in [0.25, 0.3) is 5.57 Å². The number of hydrogen-bond donors (Lipinski definition) is 2. The Labute approximate surface area is 428 Å². The summed E-state index contributed by atoms with van der Waals surface area (Å²) in [5.41, 5.74) is 9.72. The third-order valence-electron chi connectivity index (χ3n) is 12.2. The number of allylic oxidation sites excluding steroid dienone is 2. The van der Waals surface area contributed by atoms with E-state index in [1.54, 1.807) is 0 Å². The molecule has 0 spiro atoms. The monoisotopic (exact) mass is 1030 g/mol. The molecule has 3 aromatic carbocycles. The molecule has 390 valence electrons. The number of nitrogens with zero attached hydrogens (tertiary/aromatic N) is 2. The van der Waals surface area contributed by atoms with Crippen molar-refractivity contribution in [2.45, 2.75) is 107 Å². The van der Waals surface area contributed by atoms with Gasteiger partial charge in [-0.3, -0.25) is 0 Å². The summed E-state index contributed by atoms with van der Waals surface area (Å²) >= 11 is 0. The second kappa shape index (κ2) is 26.4. The molecule has 2 amide bonds. The summed E-state index contributed by atoms with van der Waals surface area (Å²) in [6.07, 6.45) is 2.36. The predicted molar refractivity (Wildman–Crippen MR) is 283 cm³/mol. The highest BCUT2D eigenvalue weighted by Crippen LogP contribution is 2.44. The van der Waals surface area contributed by atoms with Crippen molar-refractivity contribution < 1.29 is 59.4 Å². The number of carbonyl (C=O) groups is 2. The van der Waals surface area contributed by atoms with Crippen LogP contribution in [0.15, 0.2) is 102 Å². The van der Waals surface area contributed by atoms with Crippen LogP contribution in [0.5, 0.6) is 11.5 Å². The second-order valence-corrected chi connectivity index (χ2v) is 22.9. The van der Waals surface area contributed by atoms with Gasteiger partial charge in [-0.2, -0.15) is 0 Å². The van der Waals surface area contributed by atoms with Crippen LogP contribution in [0.4, 0.5) is 9.59 Å². The van der Waals surface area contributed by atoms with Crippen molar-refractivity contribution in [1.29, 1.82) is 0 Å². The number of ether oxygens (including phenoxy) is 2. The third-order valence-corrected chi connectivity index (χ3v) is 18.5. The SMILES string of the molecule is CCO[Si](CCCNC(=O)OCc1ccc(O[B-]2(Oc3ccc(COC(=O)NCCC[Si](OCC)(OCC)OCC)cc3)n3c(C)cc(C)c3C(c3ccccc3)=C3C(C)=CC(C)=[N+]32)cc1)(OCC)OCC. The maximum atomic E-state index is 12.8. The van der Waals surface area contributed by atoms with E-state index in [1.165, 1.54) is 0 Å². The minimum Gasteiger partial charge on any atom is -0.601 e. The zero-order valence-electron chi connectivity index (χ0n) is 43.9. The van der Waals surface area contributed by atoms with Crippen molar-refractivity contribution in [3.05, 3.63) is 136 Å². The van der Waals surface area contributed by atoms with Gasteiger partial charge < -0.3 is 64.9 Å². The summed E-state index contributed by atoms with van der Waals surface area (Å²) in [6, 6.07) is 28.8. The molecule has 0 bridgehead atoms. The van der Waals surface area contributed by atoms with E-state index in [9.17, 15) is 9.59 Å². The summed E-state index contributed by atoms with van der Waals surface area (Å²) in [6.45, 7) is 21.2. The molecule has 0 aliphatic carbocycles. The smallest absolute Gasteiger partial charge is 0.601 e. The molecular weight excluding hydrogens is 952 g/mol. The number of hydrogen-bond acceptors (Lipinski definition) is 12. The van der Waals surface area contributed by atoms with Crippen LogP contribution < -0.4 is 19.9 Å². The lowest BCUT2D eigenvalue weighted by atomic mass is 9.77. The fourth-order valence-corrected chi connectivity index (χ4v) is 14.8. The average molecular weight is 1030 g/mol. The lowest BCUT2D eigenvalue weighted by Crippen LogP contribution is -2.67. The summed E-state index contributed by atoms with van der Waals surface area (Å²) in [5.74, 6) is 1.09. The summed E-state index contributed by atoms with van der Waals surface area (Å²) in [5, 5.41) is 5.69. The molecule has 0 saturated carbocycles. The zero-order valence-corrected chi connectivity index (χ0v) is 45.9. The fourth-order valence-electron chi connectivity index (χ4n) is 9.53. The van der Waals surface area contributed by atoms with Crippen LogP contribution >= 0.6 is 0 Å². The number of aromatic nitrogens is 1. The summed E-state index contributed by atoms with van der Waals surface area (Å²) in [7, 11) is -5.63. The van der Waals surface area contributed by atoms with Crippen LogP contribution in [0.2, 0.25) is 12.1 Å². The van der Waals surface area contributed by atoms with Gasteiger partial charge in [0.1, 0.15) is 18.9 Å². The molecule has 0 radical (unpaired) electrons. The van der Waals surface area contributed by atoms with Crippen LogP contribution in [0.1, 0.15) is 102 Å². The minimum atomic E-state index is -2.81. The Bertz CT molecular complexity index is 2390. The van der Waals surface area contributed by atoms with Crippen LogP contribution in [0, 0.1) is 13.8 Å². The Kier molecular flexibility index (Phi) is 20.5. The topological polar surface area (TPSA) is 158 Å². The first kappa shape index (κ1) is 55.8. The van der Waals surface area contributed by atoms with Gasteiger partial charge in [0, 0.05) is 89.1 Å². The number of aryl methyl sites for hydroxylation is 2. The van der Waals surface area contributed by atoms with E-state index in [1.807, 2.05) is 96.1 Å². The van der Waals surface area contributed by atoms with Crippen molar-refractivity contribution in [2.75, 3.05) is 52.7 Å². The first-order valence-electron chi connectivity index (χ1n) is 25.5. The fraction of sp³-hybridized carbons (Fsp3) is 0.453. The summed E-state index contributed by atoms with van der Waals surface area (Å²) < 4.78 is 65.9. The quantitative estimate of drug-likeness (QED) is 0.0392. The van der Waals surface area contributed by atoms with Crippen LogP contribution in [-0.4, -0.2) is 104 Å². The van der Waals surface area contributed by atoms with E-state index >= 15 is 0 Å². The highest BCUT2D eigenvalue weighted by atomic mass is 28.4. The Balaban J connectivity index is 1.20. The van der Waals surface area contributed by atoms with E-state index in [-0.39, 0.29) is 13.2 Å². The normalized spacial score (nSPS) is 14.2. The standard InChI is InChI=1S/C53H75BN4O12Si2/c1-11-63-71(64-12-2,65-13-3)34-20-32-55-52(59)61-38-44-24-28-47(29-25-44)69-54(57-42(9)36-40(7)50(57)49(46-22-18-17-19-23-46)51-41(8)37-43(10)58(51)54)70-48-30-26-45(27-31-48)39-62-53(60)56-33-21-35-72(66-14-4,67-15-5)68-16-6/h17-19,22-31,36-37H,11-16,20-21,32-35,38-39H2,1-10H3,(H,55,59)(H,56,60). The van der Waals surface area contributed by atoms with Gasteiger partial charge in [-0.15, -0.1) is 0 Å². The number of amides is 2. The van der Waals surface area contributed by atoms with E-state index in [0.29, 0.717) is 89.2 Å². The highest BCUT2D eigenvalue weighted by Gasteiger charge is 2.60. The predicted octanol–water partition coefficient (Wildman–Crippen LogP) is 10.1. The molecule has 4 aromatic rings. The molecule has 72 heavy (non-hydrogen) atoms. The number of nitrogens with one attached hydrogen (secondary N) is 2. The van der Waals surface area contributed by atoms with Gasteiger partial charge in [0.05, 0.1) is 17.1 Å². The first-order valence-corrected chi connectivity index (χ1v) is 29.3. The Morgan fingerprint density at radius 3 is 1.44 bits per heavy atom. The Morgan fingerprint density at radius 1 is 0.597 bits per heavy atom. The van der Waals surface area contributed by atoms with Gasteiger partial charge in [-0.25, -0.2) is 9.59 Å². The van der Waals surface area contributed by atoms with Crippen molar-refractivity contribution in [2.24, 2.45) is 0 Å². The lowest BCUT2D eigenvalue weighted by Gasteiger charge is -2.43. The van der Waals surface area contributed by atoms with Gasteiger partial charge in [-0.1, -0.05) is 54.6 Å². The molecule has 0 saturated heterocycles. The van der Waals surface area contributed by atoms with Gasteiger partial charge in [-0.05, 0) is 133 Å². The van der Waals surface area contributed by atoms with Gasteiger partial charge in [0.2, 0.25) is 0 Å². The summed E-state index contributed by atoms with van der Waals surface area (Å²) in [4.78, 5) is 25.6. The lowest BCUT2D eigenvalue weighted by molar-refractivity contribution is -0.372. The third kappa shape index (κ3) is 13.6. The van der Waals surface area contributed by atoms with Crippen LogP contribution in [0.3, 0.4) is 0 Å². The van der Waals surface area contributed by atoms with Gasteiger partial charge >= 0.3 is 36.6 Å². The molecule has 0 atom stereocenters. The number of fused-ring (bicyclic) bond motifs is 2. The van der Waals surface area contributed by atoms with Gasteiger partial charge in [0.25, 0.3) is 0 Å². The number of benzene rings is 3. The molecule has 2 aliphatic heterocycles. The molecule has 0 fully saturated rings. The Morgan fingerprint density at radius 2 is 1.03 bits per heavy atom. The number of rotatable bonds is 29. The van der Waals surface area contributed by atoms with Gasteiger partial charge in [0.15, 0.2) is 5.70 Å².